The van der Waals surface area contributed by atoms with Gasteiger partial charge in [0.05, 0.1) is 7.11 Å². The second-order valence-corrected chi connectivity index (χ2v) is 5.50. The molecule has 1 aromatic heterocycles. The largest absolute Gasteiger partial charge is 0.466 e. The summed E-state index contributed by atoms with van der Waals surface area (Å²) >= 11 is 0. The van der Waals surface area contributed by atoms with Crippen molar-refractivity contribution in [1.29, 1.82) is 0 Å². The summed E-state index contributed by atoms with van der Waals surface area (Å²) in [4.78, 5) is 29.3. The number of nitrogens with one attached hydrogen (secondary N) is 1. The minimum absolute atomic E-state index is 0.330. The fraction of sp³-hybridized carbons (Fsp3) is 0.471. The summed E-state index contributed by atoms with van der Waals surface area (Å²) in [5.74, 6) is 0.0831. The van der Waals surface area contributed by atoms with E-state index in [2.05, 4.69) is 19.9 Å². The van der Waals surface area contributed by atoms with Gasteiger partial charge in [-0.05, 0) is 30.5 Å². The Bertz CT molecular complexity index is 564. The minimum atomic E-state index is -0.549. The fourth-order valence-corrected chi connectivity index (χ4v) is 2.50. The zero-order chi connectivity index (χ0) is 16.5. The lowest BCUT2D eigenvalue weighted by molar-refractivity contribution is -0.135. The smallest absolute Gasteiger partial charge is 0.330 e. The van der Waals surface area contributed by atoms with E-state index >= 15 is 0 Å². The van der Waals surface area contributed by atoms with E-state index in [1.807, 2.05) is 12.1 Å². The Morgan fingerprint density at radius 3 is 2.70 bits per heavy atom. The fourth-order valence-electron chi connectivity index (χ4n) is 2.50. The molecule has 0 unspecified atom stereocenters. The van der Waals surface area contributed by atoms with Crippen molar-refractivity contribution in [3.63, 3.8) is 0 Å². The molecule has 0 aliphatic carbocycles. The van der Waals surface area contributed by atoms with E-state index in [0.717, 1.165) is 30.5 Å². The molecule has 1 aliphatic heterocycles. The Balaban J connectivity index is 1.90. The van der Waals surface area contributed by atoms with Crippen molar-refractivity contribution in [3.05, 3.63) is 36.0 Å². The Kier molecular flexibility index (Phi) is 6.59. The highest BCUT2D eigenvalue weighted by atomic mass is 16.5. The molecule has 2 rings (SSSR count). The zero-order valence-corrected chi connectivity index (χ0v) is 13.5. The van der Waals surface area contributed by atoms with Crippen LogP contribution in [0.3, 0.4) is 0 Å². The third-order valence-corrected chi connectivity index (χ3v) is 3.78. The van der Waals surface area contributed by atoms with Gasteiger partial charge in [0, 0.05) is 38.0 Å². The molecule has 6 nitrogen and oxygen atoms in total. The maximum atomic E-state index is 11.6. The van der Waals surface area contributed by atoms with E-state index in [9.17, 15) is 9.59 Å². The lowest BCUT2D eigenvalue weighted by Crippen LogP contribution is -2.25. The highest BCUT2D eigenvalue weighted by Gasteiger charge is 2.11. The lowest BCUT2D eigenvalue weighted by Gasteiger charge is -2.21. The standard InChI is InChI=1S/C17H23N3O3/c1-23-17(22)7-6-16(21)19-13-14-8-9-18-15(12-14)20-10-4-2-3-5-11-20/h6-9,12H,2-5,10-11,13H2,1H3,(H,19,21)/b7-6+. The van der Waals surface area contributed by atoms with Crippen molar-refractivity contribution >= 4 is 17.7 Å². The maximum Gasteiger partial charge on any atom is 0.330 e. The number of aromatic nitrogens is 1. The molecular weight excluding hydrogens is 294 g/mol. The second-order valence-electron chi connectivity index (χ2n) is 5.50. The molecule has 0 aromatic carbocycles. The molecule has 23 heavy (non-hydrogen) atoms. The average molecular weight is 317 g/mol. The number of hydrogen-bond acceptors (Lipinski definition) is 5. The Morgan fingerprint density at radius 2 is 2.00 bits per heavy atom. The average Bonchev–Trinajstić information content (AvgIpc) is 2.87. The Labute approximate surface area is 136 Å². The summed E-state index contributed by atoms with van der Waals surface area (Å²) in [7, 11) is 1.27. The molecule has 1 amide bonds. The van der Waals surface area contributed by atoms with E-state index in [1.54, 1.807) is 6.20 Å². The molecule has 1 saturated heterocycles. The highest BCUT2D eigenvalue weighted by Crippen LogP contribution is 2.18. The molecule has 1 aromatic rings. The van der Waals surface area contributed by atoms with Gasteiger partial charge in [-0.15, -0.1) is 0 Å². The number of esters is 1. The predicted molar refractivity (Wildman–Crippen MR) is 87.9 cm³/mol. The lowest BCUT2D eigenvalue weighted by atomic mass is 10.2. The molecule has 1 N–H and O–H groups in total. The third-order valence-electron chi connectivity index (χ3n) is 3.78. The van der Waals surface area contributed by atoms with Crippen LogP contribution < -0.4 is 10.2 Å². The van der Waals surface area contributed by atoms with Gasteiger partial charge in [0.2, 0.25) is 5.91 Å². The summed E-state index contributed by atoms with van der Waals surface area (Å²) in [6, 6.07) is 3.89. The summed E-state index contributed by atoms with van der Waals surface area (Å²) in [5, 5.41) is 2.74. The number of hydrogen-bond donors (Lipinski definition) is 1. The molecule has 2 heterocycles. The monoisotopic (exact) mass is 317 g/mol. The molecule has 1 aliphatic rings. The first kappa shape index (κ1) is 17.0. The van der Waals surface area contributed by atoms with Crippen molar-refractivity contribution in [2.75, 3.05) is 25.1 Å². The number of methoxy groups -OCH3 is 1. The number of ether oxygens (including phenoxy) is 1. The van der Waals surface area contributed by atoms with Gasteiger partial charge in [0.1, 0.15) is 5.82 Å². The van der Waals surface area contributed by atoms with Crippen molar-refractivity contribution in [3.8, 4) is 0 Å². The number of carbonyl (C=O) groups is 2. The van der Waals surface area contributed by atoms with Crippen LogP contribution in [-0.4, -0.2) is 37.1 Å². The first-order valence-electron chi connectivity index (χ1n) is 7.93. The predicted octanol–water partition coefficient (Wildman–Crippen LogP) is 1.81. The molecule has 0 spiro atoms. The van der Waals surface area contributed by atoms with Gasteiger partial charge in [-0.3, -0.25) is 4.79 Å². The number of nitrogens with zero attached hydrogens (tertiary/aromatic N) is 2. The van der Waals surface area contributed by atoms with Crippen LogP contribution in [0.25, 0.3) is 0 Å². The van der Waals surface area contributed by atoms with E-state index in [-0.39, 0.29) is 5.91 Å². The van der Waals surface area contributed by atoms with Gasteiger partial charge in [0.15, 0.2) is 0 Å². The van der Waals surface area contributed by atoms with Crippen molar-refractivity contribution < 1.29 is 14.3 Å². The van der Waals surface area contributed by atoms with Crippen LogP contribution in [0.2, 0.25) is 0 Å². The normalized spacial score (nSPS) is 15.3. The maximum absolute atomic E-state index is 11.6. The van der Waals surface area contributed by atoms with Crippen LogP contribution in [0.15, 0.2) is 30.5 Å². The number of carbonyl (C=O) groups excluding carboxylic acids is 2. The zero-order valence-electron chi connectivity index (χ0n) is 13.5. The van der Waals surface area contributed by atoms with E-state index in [1.165, 1.54) is 38.9 Å². The van der Waals surface area contributed by atoms with Gasteiger partial charge in [-0.2, -0.15) is 0 Å². The van der Waals surface area contributed by atoms with Crippen LogP contribution in [0.1, 0.15) is 31.2 Å². The molecule has 0 saturated carbocycles. The summed E-state index contributed by atoms with van der Waals surface area (Å²) in [6.45, 7) is 2.46. The molecular formula is C17H23N3O3. The Morgan fingerprint density at radius 1 is 1.26 bits per heavy atom. The SMILES string of the molecule is COC(=O)/C=C/C(=O)NCc1ccnc(N2CCCCCC2)c1. The van der Waals surface area contributed by atoms with Crippen LogP contribution >= 0.6 is 0 Å². The summed E-state index contributed by atoms with van der Waals surface area (Å²) in [6.07, 6.45) is 8.98. The van der Waals surface area contributed by atoms with E-state index in [4.69, 9.17) is 0 Å². The quantitative estimate of drug-likeness (QED) is 0.662. The molecule has 0 atom stereocenters. The van der Waals surface area contributed by atoms with Crippen molar-refractivity contribution in [1.82, 2.24) is 10.3 Å². The van der Waals surface area contributed by atoms with Gasteiger partial charge in [-0.1, -0.05) is 12.8 Å². The topological polar surface area (TPSA) is 71.5 Å². The van der Waals surface area contributed by atoms with E-state index in [0.29, 0.717) is 6.54 Å². The molecule has 124 valence electrons. The number of amides is 1. The third kappa shape index (κ3) is 5.73. The van der Waals surface area contributed by atoms with Gasteiger partial charge >= 0.3 is 5.97 Å². The summed E-state index contributed by atoms with van der Waals surface area (Å²) in [5.41, 5.74) is 0.985. The van der Waals surface area contributed by atoms with Gasteiger partial charge in [0.25, 0.3) is 0 Å². The van der Waals surface area contributed by atoms with E-state index < -0.39 is 5.97 Å². The number of pyridine rings is 1. The Hall–Kier alpha value is -2.37. The van der Waals surface area contributed by atoms with Crippen LogP contribution in [0.4, 0.5) is 5.82 Å². The molecule has 0 bridgehead atoms. The number of anilines is 1. The molecule has 1 fully saturated rings. The van der Waals surface area contributed by atoms with Crippen molar-refractivity contribution in [2.24, 2.45) is 0 Å². The van der Waals surface area contributed by atoms with Gasteiger partial charge < -0.3 is 15.0 Å². The minimum Gasteiger partial charge on any atom is -0.466 e. The second kappa shape index (κ2) is 8.92. The highest BCUT2D eigenvalue weighted by molar-refractivity contribution is 5.94. The van der Waals surface area contributed by atoms with Crippen molar-refractivity contribution in [2.45, 2.75) is 32.2 Å². The van der Waals surface area contributed by atoms with Crippen LogP contribution in [-0.2, 0) is 20.9 Å². The number of rotatable bonds is 5. The van der Waals surface area contributed by atoms with Crippen LogP contribution in [0.5, 0.6) is 0 Å². The first-order chi connectivity index (χ1) is 11.2. The van der Waals surface area contributed by atoms with Crippen LogP contribution in [0, 0.1) is 0 Å². The molecule has 6 heteroatoms. The molecule has 0 radical (unpaired) electrons. The first-order valence-corrected chi connectivity index (χ1v) is 7.93. The summed E-state index contributed by atoms with van der Waals surface area (Å²) < 4.78 is 4.44. The van der Waals surface area contributed by atoms with Gasteiger partial charge in [-0.25, -0.2) is 9.78 Å².